The van der Waals surface area contributed by atoms with Crippen molar-refractivity contribution in [3.05, 3.63) is 0 Å². The summed E-state index contributed by atoms with van der Waals surface area (Å²) in [5.41, 5.74) is 5.57. The first-order chi connectivity index (χ1) is 8.20. The number of hydrogen-bond donors (Lipinski definition) is 2. The van der Waals surface area contributed by atoms with E-state index >= 15 is 0 Å². The fourth-order valence-corrected chi connectivity index (χ4v) is 1.94. The number of nitrogens with zero attached hydrogens (tertiary/aromatic N) is 2. The molecule has 0 aliphatic carbocycles. The Balaban J connectivity index is 2.68. The highest BCUT2D eigenvalue weighted by Gasteiger charge is 2.27. The Hall–Kier alpha value is -1.30. The Labute approximate surface area is 101 Å². The van der Waals surface area contributed by atoms with Crippen LogP contribution in [0.4, 0.5) is 0 Å². The maximum Gasteiger partial charge on any atom is 0.233 e. The average Bonchev–Trinajstić information content (AvgIpc) is 2.63. The van der Waals surface area contributed by atoms with Gasteiger partial charge in [-0.1, -0.05) is 18.5 Å². The van der Waals surface area contributed by atoms with Crippen LogP contribution >= 0.6 is 0 Å². The van der Waals surface area contributed by atoms with Gasteiger partial charge in [0.1, 0.15) is 0 Å². The van der Waals surface area contributed by atoms with E-state index in [1.165, 1.54) is 0 Å². The Kier molecular flexibility index (Phi) is 5.76. The fourth-order valence-electron chi connectivity index (χ4n) is 1.94. The third-order valence-electron chi connectivity index (χ3n) is 2.88. The molecule has 1 saturated heterocycles. The van der Waals surface area contributed by atoms with Crippen LogP contribution in [0.25, 0.3) is 0 Å². The lowest BCUT2D eigenvalue weighted by Crippen LogP contribution is -2.43. The molecule has 3 N–H and O–H groups in total. The van der Waals surface area contributed by atoms with Crippen molar-refractivity contribution in [1.29, 1.82) is 0 Å². The van der Waals surface area contributed by atoms with Gasteiger partial charge in [-0.2, -0.15) is 0 Å². The average molecular weight is 243 g/mol. The maximum atomic E-state index is 12.2. The first-order valence-corrected chi connectivity index (χ1v) is 6.04. The number of amides is 1. The Morgan fingerprint density at radius 3 is 2.94 bits per heavy atom. The van der Waals surface area contributed by atoms with Gasteiger partial charge >= 0.3 is 0 Å². The summed E-state index contributed by atoms with van der Waals surface area (Å²) in [6.07, 6.45) is 2.25. The number of hydrogen-bond acceptors (Lipinski definition) is 4. The van der Waals surface area contributed by atoms with E-state index in [0.717, 1.165) is 12.8 Å². The van der Waals surface area contributed by atoms with E-state index in [1.807, 2.05) is 6.92 Å². The van der Waals surface area contributed by atoms with Gasteiger partial charge in [0.05, 0.1) is 12.5 Å². The third-order valence-corrected chi connectivity index (χ3v) is 2.88. The van der Waals surface area contributed by atoms with Crippen LogP contribution in [-0.4, -0.2) is 48.2 Å². The largest absolute Gasteiger partial charge is 0.409 e. The van der Waals surface area contributed by atoms with Crippen LogP contribution in [0.15, 0.2) is 5.16 Å². The molecule has 1 unspecified atom stereocenters. The molecule has 98 valence electrons. The van der Waals surface area contributed by atoms with Gasteiger partial charge in [-0.15, -0.1) is 0 Å². The second-order valence-electron chi connectivity index (χ2n) is 4.16. The van der Waals surface area contributed by atoms with Gasteiger partial charge in [-0.3, -0.25) is 4.79 Å². The predicted octanol–water partition coefficient (Wildman–Crippen LogP) is 0.398. The molecule has 1 rings (SSSR count). The van der Waals surface area contributed by atoms with E-state index in [9.17, 15) is 4.79 Å². The summed E-state index contributed by atoms with van der Waals surface area (Å²) in [5, 5.41) is 11.7. The summed E-state index contributed by atoms with van der Waals surface area (Å²) in [4.78, 5) is 14.0. The van der Waals surface area contributed by atoms with Crippen molar-refractivity contribution in [1.82, 2.24) is 4.90 Å². The predicted molar refractivity (Wildman–Crippen MR) is 63.8 cm³/mol. The summed E-state index contributed by atoms with van der Waals surface area (Å²) in [6.45, 7) is 4.47. The van der Waals surface area contributed by atoms with Crippen LogP contribution in [0.3, 0.4) is 0 Å². The molecule has 17 heavy (non-hydrogen) atoms. The number of carbonyl (C=O) groups is 1. The molecule has 0 bridgehead atoms. The number of oxime groups is 1. The topological polar surface area (TPSA) is 88.2 Å². The van der Waals surface area contributed by atoms with Crippen molar-refractivity contribution in [3.8, 4) is 0 Å². The molecule has 1 fully saturated rings. The Morgan fingerprint density at radius 1 is 1.53 bits per heavy atom. The van der Waals surface area contributed by atoms with Crippen LogP contribution in [0.1, 0.15) is 26.2 Å². The van der Waals surface area contributed by atoms with Gasteiger partial charge < -0.3 is 20.6 Å². The lowest BCUT2D eigenvalue weighted by Gasteiger charge is -2.24. The van der Waals surface area contributed by atoms with Gasteiger partial charge in [0, 0.05) is 19.7 Å². The fraction of sp³-hybridized carbons (Fsp3) is 0.818. The highest BCUT2D eigenvalue weighted by molar-refractivity contribution is 6.02. The van der Waals surface area contributed by atoms with Crippen LogP contribution in [0.2, 0.25) is 0 Å². The quantitative estimate of drug-likeness (QED) is 0.324. The molecule has 0 radical (unpaired) electrons. The van der Waals surface area contributed by atoms with Crippen molar-refractivity contribution < 1.29 is 14.7 Å². The monoisotopic (exact) mass is 243 g/mol. The molecule has 0 aromatic carbocycles. The number of nitrogens with two attached hydrogens (primary N) is 1. The van der Waals surface area contributed by atoms with E-state index in [4.69, 9.17) is 15.7 Å². The number of amidine groups is 1. The maximum absolute atomic E-state index is 12.2. The van der Waals surface area contributed by atoms with Crippen molar-refractivity contribution in [3.63, 3.8) is 0 Å². The Bertz CT molecular complexity index is 273. The zero-order chi connectivity index (χ0) is 12.7. The summed E-state index contributed by atoms with van der Waals surface area (Å²) in [6, 6.07) is 0. The lowest BCUT2D eigenvalue weighted by molar-refractivity contribution is -0.133. The normalized spacial score (nSPS) is 19.8. The molecule has 1 amide bonds. The SMILES string of the molecule is CCCC(C(=O)N1CCCOCC1)C(N)=NO. The van der Waals surface area contributed by atoms with Crippen LogP contribution in [0, 0.1) is 5.92 Å². The smallest absolute Gasteiger partial charge is 0.233 e. The molecule has 1 heterocycles. The molecule has 6 nitrogen and oxygen atoms in total. The minimum atomic E-state index is -0.511. The van der Waals surface area contributed by atoms with E-state index in [2.05, 4.69) is 5.16 Å². The molecule has 0 aromatic rings. The summed E-state index contributed by atoms with van der Waals surface area (Å²) >= 11 is 0. The highest BCUT2D eigenvalue weighted by Crippen LogP contribution is 2.12. The number of rotatable bonds is 4. The van der Waals surface area contributed by atoms with E-state index in [0.29, 0.717) is 32.7 Å². The van der Waals surface area contributed by atoms with Gasteiger partial charge in [-0.05, 0) is 12.8 Å². The zero-order valence-electron chi connectivity index (χ0n) is 10.3. The molecule has 1 atom stereocenters. The summed E-state index contributed by atoms with van der Waals surface area (Å²) < 4.78 is 5.30. The molecule has 1 aliphatic rings. The van der Waals surface area contributed by atoms with Gasteiger partial charge in [0.15, 0.2) is 5.84 Å². The van der Waals surface area contributed by atoms with Crippen LogP contribution in [-0.2, 0) is 9.53 Å². The minimum absolute atomic E-state index is 0.00187. The molecule has 1 aliphatic heterocycles. The number of carbonyl (C=O) groups excluding carboxylic acids is 1. The second-order valence-corrected chi connectivity index (χ2v) is 4.16. The van der Waals surface area contributed by atoms with Crippen molar-refractivity contribution in [2.45, 2.75) is 26.2 Å². The summed E-state index contributed by atoms with van der Waals surface area (Å²) in [7, 11) is 0. The zero-order valence-corrected chi connectivity index (χ0v) is 10.3. The number of ether oxygens (including phenoxy) is 1. The third kappa shape index (κ3) is 3.89. The van der Waals surface area contributed by atoms with Crippen LogP contribution in [0.5, 0.6) is 0 Å². The molecular weight excluding hydrogens is 222 g/mol. The molecular formula is C11H21N3O3. The van der Waals surface area contributed by atoms with Crippen molar-refractivity contribution in [2.75, 3.05) is 26.3 Å². The van der Waals surface area contributed by atoms with Gasteiger partial charge in [0.25, 0.3) is 0 Å². The molecule has 0 saturated carbocycles. The lowest BCUT2D eigenvalue weighted by atomic mass is 10.0. The second kappa shape index (κ2) is 7.11. The van der Waals surface area contributed by atoms with Crippen molar-refractivity contribution in [2.24, 2.45) is 16.8 Å². The van der Waals surface area contributed by atoms with E-state index < -0.39 is 5.92 Å². The van der Waals surface area contributed by atoms with Gasteiger partial charge in [-0.25, -0.2) is 0 Å². The van der Waals surface area contributed by atoms with Crippen LogP contribution < -0.4 is 5.73 Å². The molecule has 0 aromatic heterocycles. The highest BCUT2D eigenvalue weighted by atomic mass is 16.5. The van der Waals surface area contributed by atoms with E-state index in [1.54, 1.807) is 4.90 Å². The Morgan fingerprint density at radius 2 is 2.29 bits per heavy atom. The molecule has 0 spiro atoms. The standard InChI is InChI=1S/C11H21N3O3/c1-2-4-9(10(12)13-16)11(15)14-5-3-7-17-8-6-14/h9,16H,2-8H2,1H3,(H2,12,13). The first-order valence-electron chi connectivity index (χ1n) is 6.04. The van der Waals surface area contributed by atoms with Crippen molar-refractivity contribution >= 4 is 11.7 Å². The first kappa shape index (κ1) is 13.8. The van der Waals surface area contributed by atoms with Gasteiger partial charge in [0.2, 0.25) is 5.91 Å². The summed E-state index contributed by atoms with van der Waals surface area (Å²) in [5.74, 6) is -0.572. The molecule has 6 heteroatoms. The minimum Gasteiger partial charge on any atom is -0.409 e. The van der Waals surface area contributed by atoms with E-state index in [-0.39, 0.29) is 11.7 Å².